The van der Waals surface area contributed by atoms with E-state index in [1.54, 1.807) is 7.11 Å². The van der Waals surface area contributed by atoms with E-state index in [-0.39, 0.29) is 0 Å². The SMILES string of the molecule is COC(=O)c1nc(N(C)Cc2ccccc2OC)sc1C. The van der Waals surface area contributed by atoms with E-state index in [2.05, 4.69) is 4.98 Å². The molecule has 0 amide bonds. The second-order valence-corrected chi connectivity index (χ2v) is 5.74. The van der Waals surface area contributed by atoms with Crippen molar-refractivity contribution in [2.45, 2.75) is 13.5 Å². The molecule has 0 unspecified atom stereocenters. The lowest BCUT2D eigenvalue weighted by Crippen LogP contribution is -2.17. The molecule has 5 nitrogen and oxygen atoms in total. The molecule has 0 radical (unpaired) electrons. The van der Waals surface area contributed by atoms with Crippen molar-refractivity contribution < 1.29 is 14.3 Å². The number of rotatable bonds is 5. The summed E-state index contributed by atoms with van der Waals surface area (Å²) in [5.74, 6) is 0.437. The second-order valence-electron chi connectivity index (χ2n) is 4.56. The standard InChI is InChI=1S/C15H18N2O3S/c1-10-13(14(18)20-4)16-15(21-10)17(2)9-11-7-5-6-8-12(11)19-3/h5-8H,9H2,1-4H3. The normalized spacial score (nSPS) is 10.3. The number of carbonyl (C=O) groups excluding carboxylic acids is 1. The van der Waals surface area contributed by atoms with Crippen LogP contribution in [-0.2, 0) is 11.3 Å². The molecule has 2 aromatic rings. The largest absolute Gasteiger partial charge is 0.496 e. The Bertz CT molecular complexity index is 640. The molecule has 0 aliphatic heterocycles. The van der Waals surface area contributed by atoms with Gasteiger partial charge in [0.2, 0.25) is 0 Å². The van der Waals surface area contributed by atoms with Crippen LogP contribution < -0.4 is 9.64 Å². The first-order valence-corrected chi connectivity index (χ1v) is 7.27. The molecule has 0 spiro atoms. The Balaban J connectivity index is 2.21. The smallest absolute Gasteiger partial charge is 0.357 e. The zero-order chi connectivity index (χ0) is 15.4. The van der Waals surface area contributed by atoms with Gasteiger partial charge in [0.15, 0.2) is 10.8 Å². The molecule has 21 heavy (non-hydrogen) atoms. The highest BCUT2D eigenvalue weighted by atomic mass is 32.1. The summed E-state index contributed by atoms with van der Waals surface area (Å²) >= 11 is 1.47. The van der Waals surface area contributed by atoms with Gasteiger partial charge >= 0.3 is 5.97 Å². The van der Waals surface area contributed by atoms with Crippen molar-refractivity contribution in [2.75, 3.05) is 26.2 Å². The van der Waals surface area contributed by atoms with Crippen LogP contribution >= 0.6 is 11.3 Å². The van der Waals surface area contributed by atoms with Gasteiger partial charge < -0.3 is 14.4 Å². The summed E-state index contributed by atoms with van der Waals surface area (Å²) in [5, 5.41) is 0.777. The lowest BCUT2D eigenvalue weighted by Gasteiger charge is -2.17. The van der Waals surface area contributed by atoms with E-state index in [9.17, 15) is 4.79 Å². The van der Waals surface area contributed by atoms with Crippen molar-refractivity contribution >= 4 is 22.4 Å². The third-order valence-electron chi connectivity index (χ3n) is 3.09. The van der Waals surface area contributed by atoms with Crippen molar-refractivity contribution in [3.63, 3.8) is 0 Å². The van der Waals surface area contributed by atoms with Gasteiger partial charge in [-0.15, -0.1) is 11.3 Å². The van der Waals surface area contributed by atoms with Gasteiger partial charge in [-0.05, 0) is 13.0 Å². The van der Waals surface area contributed by atoms with Crippen LogP contribution in [0.1, 0.15) is 20.9 Å². The van der Waals surface area contributed by atoms with Crippen LogP contribution in [0.5, 0.6) is 5.75 Å². The minimum Gasteiger partial charge on any atom is -0.496 e. The number of nitrogens with zero attached hydrogens (tertiary/aromatic N) is 2. The zero-order valence-corrected chi connectivity index (χ0v) is 13.4. The molecule has 0 aliphatic carbocycles. The fraction of sp³-hybridized carbons (Fsp3) is 0.333. The molecule has 0 N–H and O–H groups in total. The highest BCUT2D eigenvalue weighted by Crippen LogP contribution is 2.28. The number of aryl methyl sites for hydroxylation is 1. The van der Waals surface area contributed by atoms with Crippen LogP contribution in [0.25, 0.3) is 0 Å². The molecule has 1 heterocycles. The maximum Gasteiger partial charge on any atom is 0.357 e. The number of ether oxygens (including phenoxy) is 2. The Hall–Kier alpha value is -2.08. The van der Waals surface area contributed by atoms with Crippen LogP contribution in [0.2, 0.25) is 0 Å². The number of thiazole rings is 1. The van der Waals surface area contributed by atoms with Crippen molar-refractivity contribution in [1.29, 1.82) is 0 Å². The Morgan fingerprint density at radius 1 is 1.33 bits per heavy atom. The number of aromatic nitrogens is 1. The van der Waals surface area contributed by atoms with Crippen LogP contribution in [-0.4, -0.2) is 32.2 Å². The first-order valence-electron chi connectivity index (χ1n) is 6.45. The second kappa shape index (κ2) is 6.58. The van der Waals surface area contributed by atoms with Crippen LogP contribution in [0.4, 0.5) is 5.13 Å². The summed E-state index contributed by atoms with van der Waals surface area (Å²) in [4.78, 5) is 18.8. The number of para-hydroxylation sites is 1. The molecular formula is C15H18N2O3S. The summed E-state index contributed by atoms with van der Waals surface area (Å²) in [6, 6.07) is 7.84. The maximum absolute atomic E-state index is 11.6. The maximum atomic E-state index is 11.6. The summed E-state index contributed by atoms with van der Waals surface area (Å²) in [6.45, 7) is 2.52. The number of esters is 1. The first-order chi connectivity index (χ1) is 10.1. The molecule has 2 rings (SSSR count). The van der Waals surface area contributed by atoms with E-state index in [4.69, 9.17) is 9.47 Å². The predicted molar refractivity (Wildman–Crippen MR) is 83.3 cm³/mol. The number of benzene rings is 1. The molecule has 0 atom stereocenters. The lowest BCUT2D eigenvalue weighted by atomic mass is 10.2. The molecule has 0 fully saturated rings. The number of methoxy groups -OCH3 is 2. The summed E-state index contributed by atoms with van der Waals surface area (Å²) in [5.41, 5.74) is 1.44. The zero-order valence-electron chi connectivity index (χ0n) is 12.5. The molecule has 6 heteroatoms. The van der Waals surface area contributed by atoms with Gasteiger partial charge in [0, 0.05) is 24.0 Å². The first kappa shape index (κ1) is 15.3. The molecular weight excluding hydrogens is 288 g/mol. The number of hydrogen-bond acceptors (Lipinski definition) is 6. The number of hydrogen-bond donors (Lipinski definition) is 0. The highest BCUT2D eigenvalue weighted by molar-refractivity contribution is 7.15. The molecule has 1 aromatic heterocycles. The molecule has 112 valence electrons. The van der Waals surface area contributed by atoms with Crippen molar-refractivity contribution in [3.8, 4) is 5.75 Å². The van der Waals surface area contributed by atoms with Gasteiger partial charge in [-0.1, -0.05) is 18.2 Å². The minimum atomic E-state index is -0.402. The van der Waals surface area contributed by atoms with E-state index in [0.717, 1.165) is 21.3 Å². The van der Waals surface area contributed by atoms with E-state index >= 15 is 0 Å². The average Bonchev–Trinajstić information content (AvgIpc) is 2.89. The third kappa shape index (κ3) is 3.33. The molecule has 0 saturated heterocycles. The monoisotopic (exact) mass is 306 g/mol. The Kier molecular flexibility index (Phi) is 4.80. The van der Waals surface area contributed by atoms with Crippen molar-refractivity contribution in [2.24, 2.45) is 0 Å². The average molecular weight is 306 g/mol. The summed E-state index contributed by atoms with van der Waals surface area (Å²) < 4.78 is 10.1. The van der Waals surface area contributed by atoms with Crippen molar-refractivity contribution in [1.82, 2.24) is 4.98 Å². The van der Waals surface area contributed by atoms with E-state index in [1.807, 2.05) is 43.1 Å². The number of anilines is 1. The van der Waals surface area contributed by atoms with E-state index < -0.39 is 5.97 Å². The van der Waals surface area contributed by atoms with Crippen LogP contribution in [0.15, 0.2) is 24.3 Å². The lowest BCUT2D eigenvalue weighted by molar-refractivity contribution is 0.0594. The quantitative estimate of drug-likeness (QED) is 0.795. The fourth-order valence-corrected chi connectivity index (χ4v) is 2.85. The molecule has 1 aromatic carbocycles. The third-order valence-corrected chi connectivity index (χ3v) is 4.18. The van der Waals surface area contributed by atoms with Gasteiger partial charge in [-0.25, -0.2) is 9.78 Å². The van der Waals surface area contributed by atoms with E-state index in [1.165, 1.54) is 18.4 Å². The van der Waals surface area contributed by atoms with Gasteiger partial charge in [-0.2, -0.15) is 0 Å². The van der Waals surface area contributed by atoms with Gasteiger partial charge in [-0.3, -0.25) is 0 Å². The van der Waals surface area contributed by atoms with Crippen LogP contribution in [0, 0.1) is 6.92 Å². The molecule has 0 bridgehead atoms. The number of carbonyl (C=O) groups is 1. The highest BCUT2D eigenvalue weighted by Gasteiger charge is 2.18. The predicted octanol–water partition coefficient (Wildman–Crippen LogP) is 2.88. The Morgan fingerprint density at radius 3 is 2.71 bits per heavy atom. The Labute approximate surface area is 128 Å². The van der Waals surface area contributed by atoms with Gasteiger partial charge in [0.25, 0.3) is 0 Å². The molecule has 0 saturated carbocycles. The summed E-state index contributed by atoms with van der Waals surface area (Å²) in [6.07, 6.45) is 0. The topological polar surface area (TPSA) is 51.7 Å². The van der Waals surface area contributed by atoms with Crippen LogP contribution in [0.3, 0.4) is 0 Å². The van der Waals surface area contributed by atoms with E-state index in [0.29, 0.717) is 12.2 Å². The minimum absolute atomic E-state index is 0.379. The molecule has 0 aliphatic rings. The fourth-order valence-electron chi connectivity index (χ4n) is 1.99. The Morgan fingerprint density at radius 2 is 2.05 bits per heavy atom. The summed E-state index contributed by atoms with van der Waals surface area (Å²) in [7, 11) is 4.95. The van der Waals surface area contributed by atoms with Crippen molar-refractivity contribution in [3.05, 3.63) is 40.4 Å². The van der Waals surface area contributed by atoms with Gasteiger partial charge in [0.1, 0.15) is 5.75 Å². The van der Waals surface area contributed by atoms with Gasteiger partial charge in [0.05, 0.1) is 14.2 Å².